The molecule has 1 aromatic heterocycles. The van der Waals surface area contributed by atoms with Gasteiger partial charge in [-0.25, -0.2) is 17.5 Å². The summed E-state index contributed by atoms with van der Waals surface area (Å²) in [5, 5.41) is 7.27. The molecule has 180 valence electrons. The van der Waals surface area contributed by atoms with Gasteiger partial charge in [-0.15, -0.1) is 0 Å². The fourth-order valence-electron chi connectivity index (χ4n) is 3.71. The Hall–Kier alpha value is -3.04. The fraction of sp³-hybridized carbons (Fsp3) is 0.360. The van der Waals surface area contributed by atoms with Crippen molar-refractivity contribution in [2.75, 3.05) is 13.6 Å². The van der Waals surface area contributed by atoms with Crippen LogP contribution >= 0.6 is 0 Å². The highest BCUT2D eigenvalue weighted by molar-refractivity contribution is 7.89. The molecule has 0 bridgehead atoms. The van der Waals surface area contributed by atoms with E-state index in [1.54, 1.807) is 30.1 Å². The third-order valence-electron chi connectivity index (χ3n) is 5.85. The fourth-order valence-corrected chi connectivity index (χ4v) is 5.02. The van der Waals surface area contributed by atoms with Crippen LogP contribution in [0.15, 0.2) is 59.5 Å². The molecule has 1 heterocycles. The van der Waals surface area contributed by atoms with E-state index >= 15 is 0 Å². The molecule has 2 aromatic carbocycles. The molecule has 0 saturated heterocycles. The molecule has 0 aliphatic heterocycles. The molecule has 0 radical (unpaired) electrons. The Bertz CT molecular complexity index is 1240. The molecule has 9 heteroatoms. The summed E-state index contributed by atoms with van der Waals surface area (Å²) >= 11 is 0. The minimum atomic E-state index is -3.52. The number of amides is 1. The number of hydrogen-bond acceptors (Lipinski definition) is 4. The number of carbonyl (C=O) groups excluding carboxylic acids is 1. The first-order valence-electron chi connectivity index (χ1n) is 11.5. The first-order valence-corrected chi connectivity index (χ1v) is 13.0. The standard InChI is InChI=1S/C25H29FN4O3S/c1-30(25(31)18-9-13-23(14-10-18)34(32,33)29-21-11-12-21)15-4-2-3-8-22-17-24(28-27-22)19-6-5-7-20(26)16-19/h5-7,9-10,13-14,16-17,21,29H,2-4,8,11-12,15H2,1H3,(H,27,28). The maximum absolute atomic E-state index is 13.4. The molecular weight excluding hydrogens is 455 g/mol. The van der Waals surface area contributed by atoms with Crippen molar-refractivity contribution in [3.8, 4) is 11.3 Å². The molecule has 34 heavy (non-hydrogen) atoms. The van der Waals surface area contributed by atoms with Crippen LogP contribution in [0.25, 0.3) is 11.3 Å². The summed E-state index contributed by atoms with van der Waals surface area (Å²) in [6.45, 7) is 0.611. The summed E-state index contributed by atoms with van der Waals surface area (Å²) in [5.74, 6) is -0.417. The average Bonchev–Trinajstić information content (AvgIpc) is 3.50. The monoisotopic (exact) mass is 484 g/mol. The summed E-state index contributed by atoms with van der Waals surface area (Å²) < 4.78 is 40.6. The number of nitrogens with one attached hydrogen (secondary N) is 2. The Morgan fingerprint density at radius 2 is 1.88 bits per heavy atom. The van der Waals surface area contributed by atoms with Crippen molar-refractivity contribution in [3.05, 3.63) is 71.7 Å². The van der Waals surface area contributed by atoms with Crippen LogP contribution in [0.1, 0.15) is 48.2 Å². The van der Waals surface area contributed by atoms with Crippen LogP contribution in [-0.4, -0.2) is 49.1 Å². The van der Waals surface area contributed by atoms with Crippen molar-refractivity contribution in [2.45, 2.75) is 49.5 Å². The summed E-state index contributed by atoms with van der Waals surface area (Å²) in [6.07, 6.45) is 5.30. The van der Waals surface area contributed by atoms with Crippen LogP contribution in [0, 0.1) is 5.82 Å². The third kappa shape index (κ3) is 6.30. The summed E-state index contributed by atoms with van der Waals surface area (Å²) in [6, 6.07) is 14.4. The number of hydrogen-bond donors (Lipinski definition) is 2. The number of H-pyrrole nitrogens is 1. The van der Waals surface area contributed by atoms with Crippen molar-refractivity contribution < 1.29 is 17.6 Å². The molecule has 4 rings (SSSR count). The van der Waals surface area contributed by atoms with E-state index in [0.29, 0.717) is 12.1 Å². The average molecular weight is 485 g/mol. The predicted molar refractivity (Wildman–Crippen MR) is 128 cm³/mol. The van der Waals surface area contributed by atoms with Gasteiger partial charge in [-0.05, 0) is 74.6 Å². The van der Waals surface area contributed by atoms with Gasteiger partial charge in [0.25, 0.3) is 5.91 Å². The first kappa shape index (κ1) is 24.1. The van der Waals surface area contributed by atoms with Crippen LogP contribution in [0.2, 0.25) is 0 Å². The van der Waals surface area contributed by atoms with E-state index in [4.69, 9.17) is 0 Å². The van der Waals surface area contributed by atoms with E-state index in [0.717, 1.165) is 55.5 Å². The SMILES string of the molecule is CN(CCCCCc1cc(-c2cccc(F)c2)n[nH]1)C(=O)c1ccc(S(=O)(=O)NC2CC2)cc1. The molecule has 1 amide bonds. The van der Waals surface area contributed by atoms with Crippen molar-refractivity contribution in [1.82, 2.24) is 19.8 Å². The number of sulfonamides is 1. The van der Waals surface area contributed by atoms with Crippen LogP contribution in [0.3, 0.4) is 0 Å². The number of rotatable bonds is 11. The molecule has 1 fully saturated rings. The molecule has 1 aliphatic rings. The Kier molecular flexibility index (Phi) is 7.43. The van der Waals surface area contributed by atoms with Gasteiger partial charge in [0.15, 0.2) is 0 Å². The van der Waals surface area contributed by atoms with Gasteiger partial charge in [0.2, 0.25) is 10.0 Å². The van der Waals surface area contributed by atoms with E-state index in [2.05, 4.69) is 14.9 Å². The Labute approximate surface area is 199 Å². The van der Waals surface area contributed by atoms with E-state index in [9.17, 15) is 17.6 Å². The zero-order valence-corrected chi connectivity index (χ0v) is 19.9. The van der Waals surface area contributed by atoms with E-state index in [1.165, 1.54) is 24.3 Å². The molecule has 0 spiro atoms. The van der Waals surface area contributed by atoms with Crippen molar-refractivity contribution in [1.29, 1.82) is 0 Å². The Morgan fingerprint density at radius 1 is 1.12 bits per heavy atom. The number of carbonyl (C=O) groups is 1. The van der Waals surface area contributed by atoms with Gasteiger partial charge in [0, 0.05) is 36.5 Å². The molecule has 7 nitrogen and oxygen atoms in total. The molecule has 1 saturated carbocycles. The molecule has 3 aromatic rings. The van der Waals surface area contributed by atoms with Crippen molar-refractivity contribution in [3.63, 3.8) is 0 Å². The number of aromatic nitrogens is 2. The summed E-state index contributed by atoms with van der Waals surface area (Å²) in [4.78, 5) is 14.5. The minimum absolute atomic E-state index is 0.0428. The number of halogens is 1. The van der Waals surface area contributed by atoms with Gasteiger partial charge < -0.3 is 4.90 Å². The van der Waals surface area contributed by atoms with Gasteiger partial charge in [0.1, 0.15) is 5.82 Å². The molecule has 1 aliphatic carbocycles. The van der Waals surface area contributed by atoms with Gasteiger partial charge in [0.05, 0.1) is 10.6 Å². The van der Waals surface area contributed by atoms with Gasteiger partial charge >= 0.3 is 0 Å². The van der Waals surface area contributed by atoms with E-state index in [1.807, 2.05) is 12.1 Å². The van der Waals surface area contributed by atoms with Gasteiger partial charge in [-0.1, -0.05) is 18.6 Å². The molecular formula is C25H29FN4O3S. The summed E-state index contributed by atoms with van der Waals surface area (Å²) in [5.41, 5.74) is 2.93. The second-order valence-corrected chi connectivity index (χ2v) is 10.5. The lowest BCUT2D eigenvalue weighted by atomic mass is 10.1. The van der Waals surface area contributed by atoms with E-state index in [-0.39, 0.29) is 22.7 Å². The Morgan fingerprint density at radius 3 is 2.59 bits per heavy atom. The zero-order chi connectivity index (χ0) is 24.1. The lowest BCUT2D eigenvalue weighted by Gasteiger charge is -2.17. The molecule has 2 N–H and O–H groups in total. The number of unbranched alkanes of at least 4 members (excludes halogenated alkanes) is 2. The highest BCUT2D eigenvalue weighted by atomic mass is 32.2. The van der Waals surface area contributed by atoms with Crippen LogP contribution in [-0.2, 0) is 16.4 Å². The minimum Gasteiger partial charge on any atom is -0.342 e. The maximum Gasteiger partial charge on any atom is 0.253 e. The van der Waals surface area contributed by atoms with E-state index < -0.39 is 10.0 Å². The molecule has 0 atom stereocenters. The number of aryl methyl sites for hydroxylation is 1. The largest absolute Gasteiger partial charge is 0.342 e. The highest BCUT2D eigenvalue weighted by Crippen LogP contribution is 2.22. The van der Waals surface area contributed by atoms with Crippen LogP contribution < -0.4 is 4.72 Å². The Balaban J connectivity index is 1.20. The van der Waals surface area contributed by atoms with Gasteiger partial charge in [-0.3, -0.25) is 9.89 Å². The zero-order valence-electron chi connectivity index (χ0n) is 19.1. The topological polar surface area (TPSA) is 95.2 Å². The smallest absolute Gasteiger partial charge is 0.253 e. The normalized spacial score (nSPS) is 13.7. The van der Waals surface area contributed by atoms with Crippen LogP contribution in [0.5, 0.6) is 0 Å². The quantitative estimate of drug-likeness (QED) is 0.400. The van der Waals surface area contributed by atoms with Crippen molar-refractivity contribution >= 4 is 15.9 Å². The number of benzene rings is 2. The lowest BCUT2D eigenvalue weighted by Crippen LogP contribution is -2.28. The number of aromatic amines is 1. The maximum atomic E-state index is 13.4. The highest BCUT2D eigenvalue weighted by Gasteiger charge is 2.28. The third-order valence-corrected chi connectivity index (χ3v) is 7.38. The summed E-state index contributed by atoms with van der Waals surface area (Å²) in [7, 11) is -1.77. The van der Waals surface area contributed by atoms with Gasteiger partial charge in [-0.2, -0.15) is 5.10 Å². The second-order valence-electron chi connectivity index (χ2n) is 8.75. The van der Waals surface area contributed by atoms with Crippen LogP contribution in [0.4, 0.5) is 4.39 Å². The first-order chi connectivity index (χ1) is 16.3. The predicted octanol–water partition coefficient (Wildman–Crippen LogP) is 4.14. The number of nitrogens with zero attached hydrogens (tertiary/aromatic N) is 2. The second kappa shape index (κ2) is 10.5. The molecule has 0 unspecified atom stereocenters. The lowest BCUT2D eigenvalue weighted by molar-refractivity contribution is 0.0792. The van der Waals surface area contributed by atoms with Crippen molar-refractivity contribution in [2.24, 2.45) is 0 Å².